The van der Waals surface area contributed by atoms with Gasteiger partial charge in [-0.05, 0) is 20.3 Å². The van der Waals surface area contributed by atoms with E-state index in [1.165, 1.54) is 0 Å². The summed E-state index contributed by atoms with van der Waals surface area (Å²) in [7, 11) is 0. The van der Waals surface area contributed by atoms with Crippen LogP contribution < -0.4 is 0 Å². The smallest absolute Gasteiger partial charge is 0.151 e. The molecule has 1 aromatic carbocycles. The van der Waals surface area contributed by atoms with Gasteiger partial charge < -0.3 is 9.63 Å². The minimum Gasteiger partial charge on any atom is -0.396 e. The zero-order valence-electron chi connectivity index (χ0n) is 12.1. The third kappa shape index (κ3) is 3.92. The number of aromatic nitrogens is 1. The van der Waals surface area contributed by atoms with Gasteiger partial charge in [-0.25, -0.2) is 0 Å². The van der Waals surface area contributed by atoms with Crippen molar-refractivity contribution in [1.82, 2.24) is 10.1 Å². The van der Waals surface area contributed by atoms with Crippen LogP contribution in [-0.4, -0.2) is 34.4 Å². The number of hydrogen-bond donors (Lipinski definition) is 1. The lowest BCUT2D eigenvalue weighted by atomic mass is 10.1. The highest BCUT2D eigenvalue weighted by atomic mass is 16.5. The SMILES string of the molecule is CC(C)N(CCCO)Cc1cc(-c2ccccc2)no1. The minimum absolute atomic E-state index is 0.217. The summed E-state index contributed by atoms with van der Waals surface area (Å²) in [6.45, 7) is 6.08. The normalized spacial score (nSPS) is 11.4. The molecule has 1 heterocycles. The zero-order valence-corrected chi connectivity index (χ0v) is 12.1. The van der Waals surface area contributed by atoms with Crippen molar-refractivity contribution in [3.8, 4) is 11.3 Å². The first-order valence-electron chi connectivity index (χ1n) is 7.06. The molecule has 108 valence electrons. The first-order chi connectivity index (χ1) is 9.70. The van der Waals surface area contributed by atoms with Crippen LogP contribution in [-0.2, 0) is 6.54 Å². The van der Waals surface area contributed by atoms with Crippen LogP contribution >= 0.6 is 0 Å². The maximum atomic E-state index is 8.95. The van der Waals surface area contributed by atoms with Crippen molar-refractivity contribution >= 4 is 0 Å². The minimum atomic E-state index is 0.217. The topological polar surface area (TPSA) is 49.5 Å². The fourth-order valence-electron chi connectivity index (χ4n) is 2.13. The summed E-state index contributed by atoms with van der Waals surface area (Å²) in [5.41, 5.74) is 1.93. The van der Waals surface area contributed by atoms with Crippen LogP contribution in [0.4, 0.5) is 0 Å². The summed E-state index contributed by atoms with van der Waals surface area (Å²) in [6.07, 6.45) is 0.776. The van der Waals surface area contributed by atoms with E-state index >= 15 is 0 Å². The molecule has 0 fully saturated rings. The van der Waals surface area contributed by atoms with Crippen LogP contribution in [0.5, 0.6) is 0 Å². The van der Waals surface area contributed by atoms with Gasteiger partial charge in [0.15, 0.2) is 5.76 Å². The van der Waals surface area contributed by atoms with E-state index in [1.807, 2.05) is 36.4 Å². The second-order valence-corrected chi connectivity index (χ2v) is 5.19. The second-order valence-electron chi connectivity index (χ2n) is 5.19. The molecule has 0 unspecified atom stereocenters. The van der Waals surface area contributed by atoms with Crippen molar-refractivity contribution in [3.63, 3.8) is 0 Å². The van der Waals surface area contributed by atoms with E-state index in [-0.39, 0.29) is 6.61 Å². The Labute approximate surface area is 120 Å². The average molecular weight is 274 g/mol. The first-order valence-corrected chi connectivity index (χ1v) is 7.06. The Morgan fingerprint density at radius 1 is 1.25 bits per heavy atom. The molecule has 0 bridgehead atoms. The van der Waals surface area contributed by atoms with Crippen LogP contribution in [0.1, 0.15) is 26.0 Å². The molecule has 2 aromatic rings. The van der Waals surface area contributed by atoms with Crippen molar-refractivity contribution in [1.29, 1.82) is 0 Å². The number of aliphatic hydroxyl groups excluding tert-OH is 1. The van der Waals surface area contributed by atoms with Gasteiger partial charge >= 0.3 is 0 Å². The number of aliphatic hydroxyl groups is 1. The molecule has 20 heavy (non-hydrogen) atoms. The van der Waals surface area contributed by atoms with E-state index < -0.39 is 0 Å². The molecule has 2 rings (SSSR count). The van der Waals surface area contributed by atoms with E-state index in [9.17, 15) is 0 Å². The molecule has 4 nitrogen and oxygen atoms in total. The van der Waals surface area contributed by atoms with E-state index in [2.05, 4.69) is 23.9 Å². The molecule has 0 amide bonds. The van der Waals surface area contributed by atoms with Crippen molar-refractivity contribution in [2.75, 3.05) is 13.2 Å². The molecule has 0 radical (unpaired) electrons. The van der Waals surface area contributed by atoms with Gasteiger partial charge in [-0.3, -0.25) is 4.90 Å². The predicted octanol–water partition coefficient (Wildman–Crippen LogP) is 2.93. The largest absolute Gasteiger partial charge is 0.396 e. The average Bonchev–Trinajstić information content (AvgIpc) is 2.92. The van der Waals surface area contributed by atoms with Gasteiger partial charge in [0.1, 0.15) is 5.69 Å². The maximum Gasteiger partial charge on any atom is 0.151 e. The molecular formula is C16H22N2O2. The van der Waals surface area contributed by atoms with Gasteiger partial charge in [0.2, 0.25) is 0 Å². The Bertz CT molecular complexity index is 508. The molecule has 1 N–H and O–H groups in total. The molecule has 0 atom stereocenters. The summed E-state index contributed by atoms with van der Waals surface area (Å²) in [5, 5.41) is 13.1. The van der Waals surface area contributed by atoms with Crippen LogP contribution in [0.15, 0.2) is 40.9 Å². The van der Waals surface area contributed by atoms with Crippen molar-refractivity contribution in [2.45, 2.75) is 32.9 Å². The van der Waals surface area contributed by atoms with Crippen molar-refractivity contribution < 1.29 is 9.63 Å². The highest BCUT2D eigenvalue weighted by Crippen LogP contribution is 2.20. The summed E-state index contributed by atoms with van der Waals surface area (Å²) < 4.78 is 5.43. The third-order valence-electron chi connectivity index (χ3n) is 3.32. The number of benzene rings is 1. The van der Waals surface area contributed by atoms with E-state index in [0.29, 0.717) is 6.04 Å². The molecular weight excluding hydrogens is 252 g/mol. The van der Waals surface area contributed by atoms with Crippen LogP contribution in [0.25, 0.3) is 11.3 Å². The molecule has 0 aliphatic heterocycles. The molecule has 0 saturated carbocycles. The van der Waals surface area contributed by atoms with Crippen molar-refractivity contribution in [2.24, 2.45) is 0 Å². The summed E-state index contributed by atoms with van der Waals surface area (Å²) in [5.74, 6) is 0.857. The summed E-state index contributed by atoms with van der Waals surface area (Å²) >= 11 is 0. The standard InChI is InChI=1S/C16H22N2O2/c1-13(2)18(9-6-10-19)12-15-11-16(17-20-15)14-7-4-3-5-8-14/h3-5,7-8,11,13,19H,6,9-10,12H2,1-2H3. The Morgan fingerprint density at radius 2 is 2.00 bits per heavy atom. The van der Waals surface area contributed by atoms with Crippen LogP contribution in [0.3, 0.4) is 0 Å². The molecule has 0 spiro atoms. The maximum absolute atomic E-state index is 8.95. The van der Waals surface area contributed by atoms with Crippen molar-refractivity contribution in [3.05, 3.63) is 42.2 Å². The zero-order chi connectivity index (χ0) is 14.4. The van der Waals surface area contributed by atoms with E-state index in [1.54, 1.807) is 0 Å². The molecule has 0 saturated heterocycles. The Hall–Kier alpha value is -1.65. The van der Waals surface area contributed by atoms with Gasteiger partial charge in [0, 0.05) is 30.8 Å². The molecule has 1 aromatic heterocycles. The fourth-order valence-corrected chi connectivity index (χ4v) is 2.13. The molecule has 4 heteroatoms. The summed E-state index contributed by atoms with van der Waals surface area (Å²) in [4.78, 5) is 2.27. The van der Waals surface area contributed by atoms with Gasteiger partial charge in [-0.15, -0.1) is 0 Å². The van der Waals surface area contributed by atoms with Gasteiger partial charge in [-0.1, -0.05) is 35.5 Å². The van der Waals surface area contributed by atoms with Gasteiger partial charge in [-0.2, -0.15) is 0 Å². The lowest BCUT2D eigenvalue weighted by molar-refractivity contribution is 0.168. The summed E-state index contributed by atoms with van der Waals surface area (Å²) in [6, 6.07) is 12.4. The third-order valence-corrected chi connectivity index (χ3v) is 3.32. The highest BCUT2D eigenvalue weighted by Gasteiger charge is 2.13. The first kappa shape index (κ1) is 14.8. The Kier molecular flexibility index (Phi) is 5.32. The van der Waals surface area contributed by atoms with Crippen LogP contribution in [0, 0.1) is 0 Å². The fraction of sp³-hybridized carbons (Fsp3) is 0.438. The Morgan fingerprint density at radius 3 is 2.65 bits per heavy atom. The van der Waals surface area contributed by atoms with E-state index in [0.717, 1.165) is 36.5 Å². The van der Waals surface area contributed by atoms with Crippen LogP contribution in [0.2, 0.25) is 0 Å². The van der Waals surface area contributed by atoms with E-state index in [4.69, 9.17) is 9.63 Å². The lowest BCUT2D eigenvalue weighted by Gasteiger charge is -2.24. The number of rotatable bonds is 7. The number of hydrogen-bond acceptors (Lipinski definition) is 4. The van der Waals surface area contributed by atoms with Gasteiger partial charge in [0.05, 0.1) is 6.54 Å². The number of nitrogens with zero attached hydrogens (tertiary/aromatic N) is 2. The molecule has 0 aliphatic carbocycles. The molecule has 0 aliphatic rings. The predicted molar refractivity (Wildman–Crippen MR) is 79.2 cm³/mol. The lowest BCUT2D eigenvalue weighted by Crippen LogP contribution is -2.31. The van der Waals surface area contributed by atoms with Gasteiger partial charge in [0.25, 0.3) is 0 Å². The second kappa shape index (κ2) is 7.22. The monoisotopic (exact) mass is 274 g/mol. The Balaban J connectivity index is 2.04. The highest BCUT2D eigenvalue weighted by molar-refractivity contribution is 5.58. The quantitative estimate of drug-likeness (QED) is 0.843.